The van der Waals surface area contributed by atoms with E-state index in [1.807, 2.05) is 15.9 Å². The topological polar surface area (TPSA) is 147 Å². The zero-order valence-electron chi connectivity index (χ0n) is 18.2. The van der Waals surface area contributed by atoms with Gasteiger partial charge in [-0.05, 0) is 31.0 Å². The molecule has 3 heterocycles. The molecule has 170 valence electrons. The number of hydrogen-bond donors (Lipinski definition) is 1. The molecule has 4 rings (SSSR count). The van der Waals surface area contributed by atoms with Crippen LogP contribution in [0.3, 0.4) is 0 Å². The molecular weight excluding hydrogens is 422 g/mol. The normalized spacial score (nSPS) is 13.8. The maximum absolute atomic E-state index is 12.6. The third-order valence-corrected chi connectivity index (χ3v) is 5.74. The summed E-state index contributed by atoms with van der Waals surface area (Å²) in [5, 5.41) is 17.1. The maximum Gasteiger partial charge on any atom is 0.248 e. The molecule has 33 heavy (non-hydrogen) atoms. The Kier molecular flexibility index (Phi) is 6.73. The number of carbonyl (C=O) groups excluding carboxylic acids is 2. The van der Waals surface area contributed by atoms with Gasteiger partial charge in [-0.3, -0.25) is 9.59 Å². The quantitative estimate of drug-likeness (QED) is 0.505. The molecule has 11 heteroatoms. The lowest BCUT2D eigenvalue weighted by molar-refractivity contribution is -0.131. The van der Waals surface area contributed by atoms with Gasteiger partial charge in [0.1, 0.15) is 11.6 Å². The summed E-state index contributed by atoms with van der Waals surface area (Å²) in [5.41, 5.74) is 7.73. The predicted octanol–water partition coefficient (Wildman–Crippen LogP) is 1.10. The largest absolute Gasteiger partial charge is 0.366 e. The number of fused-ring (bicyclic) bond motifs is 1. The van der Waals surface area contributed by atoms with Gasteiger partial charge in [0.05, 0.1) is 23.5 Å². The molecule has 3 aromatic rings. The predicted molar refractivity (Wildman–Crippen MR) is 120 cm³/mol. The zero-order valence-corrected chi connectivity index (χ0v) is 18.2. The third-order valence-electron chi connectivity index (χ3n) is 5.74. The highest BCUT2D eigenvalue weighted by atomic mass is 16.2. The highest BCUT2D eigenvalue weighted by Crippen LogP contribution is 2.16. The van der Waals surface area contributed by atoms with Crippen molar-refractivity contribution >= 4 is 28.8 Å². The second kappa shape index (κ2) is 10.0. The van der Waals surface area contributed by atoms with Gasteiger partial charge < -0.3 is 15.5 Å². The fraction of sp³-hybridized carbons (Fsp3) is 0.409. The number of anilines is 1. The number of aromatic nitrogens is 5. The van der Waals surface area contributed by atoms with Crippen LogP contribution in [-0.2, 0) is 11.3 Å². The molecule has 0 unspecified atom stereocenters. The number of nitrogens with two attached hydrogens (primary N) is 1. The molecule has 0 aliphatic carbocycles. The van der Waals surface area contributed by atoms with Crippen LogP contribution >= 0.6 is 0 Å². The fourth-order valence-electron chi connectivity index (χ4n) is 3.85. The Bertz CT molecular complexity index is 1170. The van der Waals surface area contributed by atoms with Gasteiger partial charge in [0.2, 0.25) is 17.8 Å². The first-order valence-electron chi connectivity index (χ1n) is 10.9. The second-order valence-corrected chi connectivity index (χ2v) is 7.94. The Balaban J connectivity index is 1.18. The van der Waals surface area contributed by atoms with E-state index in [0.717, 1.165) is 30.3 Å². The Morgan fingerprint density at radius 1 is 1.06 bits per heavy atom. The highest BCUT2D eigenvalue weighted by molar-refractivity contribution is 5.96. The van der Waals surface area contributed by atoms with Crippen molar-refractivity contribution in [3.8, 4) is 6.07 Å². The number of primary amides is 1. The van der Waals surface area contributed by atoms with Gasteiger partial charge in [-0.25, -0.2) is 14.6 Å². The summed E-state index contributed by atoms with van der Waals surface area (Å²) >= 11 is 0. The molecule has 1 aliphatic rings. The van der Waals surface area contributed by atoms with E-state index in [0.29, 0.717) is 56.2 Å². The van der Waals surface area contributed by atoms with Crippen molar-refractivity contribution in [2.45, 2.75) is 32.2 Å². The average Bonchev–Trinajstić information content (AvgIpc) is 3.26. The summed E-state index contributed by atoms with van der Waals surface area (Å²) < 4.78 is 1.77. The van der Waals surface area contributed by atoms with E-state index in [9.17, 15) is 9.59 Å². The fourth-order valence-corrected chi connectivity index (χ4v) is 3.85. The van der Waals surface area contributed by atoms with Crippen LogP contribution < -0.4 is 10.6 Å². The van der Waals surface area contributed by atoms with Crippen LogP contribution in [0.1, 0.15) is 41.6 Å². The molecule has 1 fully saturated rings. The molecule has 0 saturated carbocycles. The van der Waals surface area contributed by atoms with Crippen LogP contribution in [0, 0.1) is 11.3 Å². The van der Waals surface area contributed by atoms with Gasteiger partial charge in [-0.2, -0.15) is 5.26 Å². The van der Waals surface area contributed by atoms with Crippen LogP contribution in [-0.4, -0.2) is 67.9 Å². The van der Waals surface area contributed by atoms with Crippen molar-refractivity contribution in [3.05, 3.63) is 41.7 Å². The van der Waals surface area contributed by atoms with E-state index in [4.69, 9.17) is 11.0 Å². The first-order chi connectivity index (χ1) is 16.0. The molecule has 2 aromatic heterocycles. The average molecular weight is 448 g/mol. The molecule has 11 nitrogen and oxygen atoms in total. The summed E-state index contributed by atoms with van der Waals surface area (Å²) in [6.07, 6.45) is 6.09. The molecule has 1 saturated heterocycles. The number of amides is 2. The van der Waals surface area contributed by atoms with Gasteiger partial charge in [-0.15, -0.1) is 5.10 Å². The Hall–Kier alpha value is -4.07. The van der Waals surface area contributed by atoms with Gasteiger partial charge in [0.15, 0.2) is 0 Å². The van der Waals surface area contributed by atoms with Crippen molar-refractivity contribution in [3.63, 3.8) is 0 Å². The summed E-state index contributed by atoms with van der Waals surface area (Å²) in [7, 11) is 0. The lowest BCUT2D eigenvalue weighted by Crippen LogP contribution is -2.49. The van der Waals surface area contributed by atoms with E-state index < -0.39 is 5.91 Å². The second-order valence-electron chi connectivity index (χ2n) is 7.94. The van der Waals surface area contributed by atoms with Crippen molar-refractivity contribution < 1.29 is 9.59 Å². The molecule has 0 spiro atoms. The highest BCUT2D eigenvalue weighted by Gasteiger charge is 2.22. The zero-order chi connectivity index (χ0) is 23.2. The Morgan fingerprint density at radius 3 is 2.52 bits per heavy atom. The summed E-state index contributed by atoms with van der Waals surface area (Å²) in [4.78, 5) is 36.3. The van der Waals surface area contributed by atoms with E-state index in [2.05, 4.69) is 20.3 Å². The number of nitrogens with zero attached hydrogens (tertiary/aromatic N) is 8. The minimum Gasteiger partial charge on any atom is -0.366 e. The van der Waals surface area contributed by atoms with E-state index >= 15 is 0 Å². The van der Waals surface area contributed by atoms with Gasteiger partial charge in [-0.1, -0.05) is 11.6 Å². The van der Waals surface area contributed by atoms with Gasteiger partial charge in [0.25, 0.3) is 0 Å². The van der Waals surface area contributed by atoms with Crippen molar-refractivity contribution in [2.75, 3.05) is 31.1 Å². The molecule has 0 atom stereocenters. The first kappa shape index (κ1) is 22.1. The van der Waals surface area contributed by atoms with Crippen LogP contribution in [0.2, 0.25) is 0 Å². The maximum atomic E-state index is 12.6. The van der Waals surface area contributed by atoms with Crippen molar-refractivity contribution in [1.29, 1.82) is 5.26 Å². The molecule has 1 aliphatic heterocycles. The van der Waals surface area contributed by atoms with Crippen LogP contribution in [0.25, 0.3) is 11.0 Å². The lowest BCUT2D eigenvalue weighted by Gasteiger charge is -2.34. The Labute approximate surface area is 190 Å². The molecule has 0 radical (unpaired) electrons. The smallest absolute Gasteiger partial charge is 0.248 e. The number of piperazine rings is 1. The van der Waals surface area contributed by atoms with Crippen molar-refractivity contribution in [1.82, 2.24) is 29.9 Å². The number of rotatable bonds is 8. The number of hydrogen-bond acceptors (Lipinski definition) is 8. The minimum absolute atomic E-state index is 0.160. The Morgan fingerprint density at radius 2 is 1.82 bits per heavy atom. The molecule has 2 amide bonds. The van der Waals surface area contributed by atoms with Crippen molar-refractivity contribution in [2.24, 2.45) is 5.73 Å². The van der Waals surface area contributed by atoms with E-state index in [1.165, 1.54) is 12.4 Å². The van der Waals surface area contributed by atoms with Gasteiger partial charge >= 0.3 is 0 Å². The number of carbonyl (C=O) groups is 2. The van der Waals surface area contributed by atoms with Crippen LogP contribution in [0.15, 0.2) is 30.6 Å². The minimum atomic E-state index is -0.478. The summed E-state index contributed by atoms with van der Waals surface area (Å²) in [6.45, 7) is 3.27. The first-order valence-corrected chi connectivity index (χ1v) is 10.9. The summed E-state index contributed by atoms with van der Waals surface area (Å²) in [6, 6.07) is 7.11. The number of nitriles is 1. The molecular formula is C22H25N9O2. The van der Waals surface area contributed by atoms with Gasteiger partial charge in [0, 0.05) is 44.7 Å². The number of unbranched alkanes of at least 4 members (excludes halogenated alkanes) is 2. The standard InChI is InChI=1S/C22H25N9O2/c23-13-16-14-25-22(26-15-16)30-10-8-29(9-11-30)20(32)4-2-1-3-7-31-19-12-17(21(24)33)5-6-18(19)27-28-31/h5-6,12,14-15H,1-4,7-11H2,(H2,24,33). The third kappa shape index (κ3) is 5.23. The number of benzene rings is 1. The van der Waals surface area contributed by atoms with E-state index in [1.54, 1.807) is 22.9 Å². The SMILES string of the molecule is N#Cc1cnc(N2CCN(C(=O)CCCCCn3nnc4ccc(C(N)=O)cc43)CC2)nc1. The monoisotopic (exact) mass is 447 g/mol. The van der Waals surface area contributed by atoms with E-state index in [-0.39, 0.29) is 5.91 Å². The number of aryl methyl sites for hydroxylation is 1. The van der Waals surface area contributed by atoms with Crippen LogP contribution in [0.5, 0.6) is 0 Å². The molecule has 0 bridgehead atoms. The lowest BCUT2D eigenvalue weighted by atomic mass is 10.1. The summed E-state index contributed by atoms with van der Waals surface area (Å²) in [5.74, 6) is 0.269. The molecule has 1 aromatic carbocycles. The van der Waals surface area contributed by atoms with Crippen LogP contribution in [0.4, 0.5) is 5.95 Å². The molecule has 2 N–H and O–H groups in total.